The Hall–Kier alpha value is -1.88. The second kappa shape index (κ2) is 6.26. The molecule has 3 rings (SSSR count). The van der Waals surface area contributed by atoms with Gasteiger partial charge in [-0.1, -0.05) is 19.8 Å². The van der Waals surface area contributed by atoms with Crippen molar-refractivity contribution in [2.45, 2.75) is 45.1 Å². The number of nitrogens with one attached hydrogen (secondary N) is 2. The third-order valence-corrected chi connectivity index (χ3v) is 3.92. The van der Waals surface area contributed by atoms with E-state index < -0.39 is 0 Å². The first-order chi connectivity index (χ1) is 10.2. The molecule has 2 aromatic rings. The molecule has 21 heavy (non-hydrogen) atoms. The van der Waals surface area contributed by atoms with Gasteiger partial charge in [0.05, 0.1) is 6.54 Å². The molecule has 1 fully saturated rings. The van der Waals surface area contributed by atoms with Gasteiger partial charge in [-0.15, -0.1) is 0 Å². The van der Waals surface area contributed by atoms with Crippen LogP contribution in [0.15, 0.2) is 22.6 Å². The summed E-state index contributed by atoms with van der Waals surface area (Å²) in [6.45, 7) is 2.36. The molecule has 0 atom stereocenters. The van der Waals surface area contributed by atoms with Gasteiger partial charge in [-0.05, 0) is 31.0 Å². The summed E-state index contributed by atoms with van der Waals surface area (Å²) in [5, 5.41) is 6.21. The molecule has 1 aliphatic carbocycles. The zero-order chi connectivity index (χ0) is 14.7. The number of hydrogen-bond donors (Lipinski definition) is 2. The Bertz CT molecular complexity index is 629. The summed E-state index contributed by atoms with van der Waals surface area (Å²) in [4.78, 5) is 16.3. The van der Waals surface area contributed by atoms with Crippen LogP contribution < -0.4 is 10.6 Å². The van der Waals surface area contributed by atoms with Crippen molar-refractivity contribution in [2.75, 3.05) is 11.9 Å². The number of aryl methyl sites for hydroxylation is 1. The van der Waals surface area contributed by atoms with Gasteiger partial charge in [0.15, 0.2) is 11.5 Å². The van der Waals surface area contributed by atoms with Crippen molar-refractivity contribution in [1.29, 1.82) is 0 Å². The van der Waals surface area contributed by atoms with E-state index in [9.17, 15) is 4.79 Å². The Labute approximate surface area is 124 Å². The number of benzene rings is 1. The molecular weight excluding hydrogens is 266 g/mol. The van der Waals surface area contributed by atoms with E-state index in [-0.39, 0.29) is 5.91 Å². The van der Waals surface area contributed by atoms with E-state index in [1.165, 1.54) is 25.7 Å². The summed E-state index contributed by atoms with van der Waals surface area (Å²) in [6, 6.07) is 6.05. The van der Waals surface area contributed by atoms with Crippen molar-refractivity contribution in [3.05, 3.63) is 24.1 Å². The van der Waals surface area contributed by atoms with Crippen molar-refractivity contribution >= 4 is 22.7 Å². The van der Waals surface area contributed by atoms with Gasteiger partial charge < -0.3 is 15.1 Å². The largest absolute Gasteiger partial charge is 0.441 e. The first-order valence-electron chi connectivity index (χ1n) is 7.67. The number of hydrogen-bond acceptors (Lipinski definition) is 4. The minimum atomic E-state index is -0.0135. The third kappa shape index (κ3) is 3.42. The van der Waals surface area contributed by atoms with Gasteiger partial charge >= 0.3 is 0 Å². The van der Waals surface area contributed by atoms with Gasteiger partial charge in [0.2, 0.25) is 5.91 Å². The van der Waals surface area contributed by atoms with E-state index in [2.05, 4.69) is 15.6 Å². The predicted molar refractivity (Wildman–Crippen MR) is 82.3 cm³/mol. The summed E-state index contributed by atoms with van der Waals surface area (Å²) < 4.78 is 5.56. The van der Waals surface area contributed by atoms with E-state index in [0.717, 1.165) is 29.1 Å². The molecule has 5 nitrogen and oxygen atoms in total. The van der Waals surface area contributed by atoms with E-state index in [0.29, 0.717) is 12.6 Å². The lowest BCUT2D eigenvalue weighted by Crippen LogP contribution is -2.34. The highest BCUT2D eigenvalue weighted by molar-refractivity contribution is 5.94. The van der Waals surface area contributed by atoms with Crippen molar-refractivity contribution in [3.8, 4) is 0 Å². The number of rotatable bonds is 5. The summed E-state index contributed by atoms with van der Waals surface area (Å²) in [5.74, 6) is 0.705. The van der Waals surface area contributed by atoms with Gasteiger partial charge in [0, 0.05) is 18.2 Å². The van der Waals surface area contributed by atoms with E-state index in [4.69, 9.17) is 4.42 Å². The minimum Gasteiger partial charge on any atom is -0.441 e. The second-order valence-electron chi connectivity index (χ2n) is 5.55. The van der Waals surface area contributed by atoms with Gasteiger partial charge in [-0.3, -0.25) is 4.79 Å². The van der Waals surface area contributed by atoms with Gasteiger partial charge in [-0.25, -0.2) is 4.98 Å². The molecule has 2 N–H and O–H groups in total. The van der Waals surface area contributed by atoms with Gasteiger partial charge in [0.25, 0.3) is 0 Å². The monoisotopic (exact) mass is 287 g/mol. The Morgan fingerprint density at radius 3 is 2.95 bits per heavy atom. The third-order valence-electron chi connectivity index (χ3n) is 3.92. The average molecular weight is 287 g/mol. The van der Waals surface area contributed by atoms with Crippen molar-refractivity contribution in [3.63, 3.8) is 0 Å². The first-order valence-corrected chi connectivity index (χ1v) is 7.67. The quantitative estimate of drug-likeness (QED) is 0.887. The van der Waals surface area contributed by atoms with Crippen LogP contribution in [-0.4, -0.2) is 23.5 Å². The fraction of sp³-hybridized carbons (Fsp3) is 0.500. The summed E-state index contributed by atoms with van der Waals surface area (Å²) in [6.07, 6.45) is 5.65. The molecule has 5 heteroatoms. The lowest BCUT2D eigenvalue weighted by Gasteiger charge is -2.11. The van der Waals surface area contributed by atoms with E-state index >= 15 is 0 Å². The Kier molecular flexibility index (Phi) is 4.20. The van der Waals surface area contributed by atoms with Crippen LogP contribution in [0.3, 0.4) is 0 Å². The molecule has 112 valence electrons. The van der Waals surface area contributed by atoms with Crippen LogP contribution >= 0.6 is 0 Å². The van der Waals surface area contributed by atoms with Crippen LogP contribution in [0.4, 0.5) is 5.69 Å². The zero-order valence-corrected chi connectivity index (χ0v) is 12.3. The number of amides is 1. The first kappa shape index (κ1) is 14.1. The van der Waals surface area contributed by atoms with Crippen molar-refractivity contribution in [1.82, 2.24) is 10.3 Å². The number of aromatic nitrogens is 1. The highest BCUT2D eigenvalue weighted by atomic mass is 16.3. The maximum absolute atomic E-state index is 11.9. The highest BCUT2D eigenvalue weighted by Crippen LogP contribution is 2.20. The Morgan fingerprint density at radius 2 is 2.19 bits per heavy atom. The molecule has 1 aliphatic rings. The normalized spacial score (nSPS) is 15.7. The molecule has 1 amide bonds. The second-order valence-corrected chi connectivity index (χ2v) is 5.55. The molecule has 0 radical (unpaired) electrons. The van der Waals surface area contributed by atoms with Crippen LogP contribution in [-0.2, 0) is 11.2 Å². The van der Waals surface area contributed by atoms with E-state index in [1.807, 2.05) is 25.1 Å². The maximum atomic E-state index is 11.9. The smallest absolute Gasteiger partial charge is 0.238 e. The van der Waals surface area contributed by atoms with Crippen molar-refractivity contribution in [2.24, 2.45) is 0 Å². The molecule has 0 spiro atoms. The van der Waals surface area contributed by atoms with E-state index in [1.54, 1.807) is 0 Å². The summed E-state index contributed by atoms with van der Waals surface area (Å²) in [5.41, 5.74) is 2.30. The van der Waals surface area contributed by atoms with Crippen LogP contribution in [0.1, 0.15) is 38.5 Å². The topological polar surface area (TPSA) is 67.2 Å². The number of nitrogens with zero attached hydrogens (tertiary/aromatic N) is 1. The molecule has 0 unspecified atom stereocenters. The SMILES string of the molecule is CCc1nc2cc(NC(=O)CNC3CCCC3)ccc2o1. The summed E-state index contributed by atoms with van der Waals surface area (Å²) >= 11 is 0. The lowest BCUT2D eigenvalue weighted by atomic mass is 10.2. The molecular formula is C16H21N3O2. The molecule has 0 bridgehead atoms. The van der Waals surface area contributed by atoms with Crippen molar-refractivity contribution < 1.29 is 9.21 Å². The van der Waals surface area contributed by atoms with Crippen LogP contribution in [0, 0.1) is 0 Å². The molecule has 0 saturated heterocycles. The fourth-order valence-electron chi connectivity index (χ4n) is 2.78. The van der Waals surface area contributed by atoms with Crippen LogP contribution in [0.25, 0.3) is 11.1 Å². The molecule has 1 aromatic carbocycles. The number of anilines is 1. The highest BCUT2D eigenvalue weighted by Gasteiger charge is 2.15. The fourth-order valence-corrected chi connectivity index (χ4v) is 2.78. The average Bonchev–Trinajstić information content (AvgIpc) is 3.13. The van der Waals surface area contributed by atoms with Gasteiger partial charge in [-0.2, -0.15) is 0 Å². The standard InChI is InChI=1S/C16H21N3O2/c1-2-16-19-13-9-12(7-8-14(13)21-16)18-15(20)10-17-11-5-3-4-6-11/h7-9,11,17H,2-6,10H2,1H3,(H,18,20). The molecule has 0 aliphatic heterocycles. The molecule has 1 aromatic heterocycles. The minimum absolute atomic E-state index is 0.0135. The Morgan fingerprint density at radius 1 is 1.38 bits per heavy atom. The number of carbonyl (C=O) groups excluding carboxylic acids is 1. The Balaban J connectivity index is 1.59. The number of carbonyl (C=O) groups is 1. The number of fused-ring (bicyclic) bond motifs is 1. The zero-order valence-electron chi connectivity index (χ0n) is 12.3. The molecule has 1 saturated carbocycles. The summed E-state index contributed by atoms with van der Waals surface area (Å²) in [7, 11) is 0. The number of oxazole rings is 1. The van der Waals surface area contributed by atoms with Crippen LogP contribution in [0.5, 0.6) is 0 Å². The lowest BCUT2D eigenvalue weighted by molar-refractivity contribution is -0.115. The maximum Gasteiger partial charge on any atom is 0.238 e. The van der Waals surface area contributed by atoms with Gasteiger partial charge in [0.1, 0.15) is 5.52 Å². The molecule has 1 heterocycles. The predicted octanol–water partition coefficient (Wildman–Crippen LogP) is 2.86. The van der Waals surface area contributed by atoms with Crippen LogP contribution in [0.2, 0.25) is 0 Å².